The molecule has 0 amide bonds. The minimum absolute atomic E-state index is 0.0507. The van der Waals surface area contributed by atoms with Gasteiger partial charge >= 0.3 is 0 Å². The van der Waals surface area contributed by atoms with Gasteiger partial charge < -0.3 is 0 Å². The highest BCUT2D eigenvalue weighted by molar-refractivity contribution is 7.89. The molecule has 0 spiro atoms. The Morgan fingerprint density at radius 1 is 1.27 bits per heavy atom. The van der Waals surface area contributed by atoms with Crippen LogP contribution in [0.1, 0.15) is 16.8 Å². The van der Waals surface area contributed by atoms with E-state index in [1.54, 1.807) is 26.1 Å². The van der Waals surface area contributed by atoms with Crippen molar-refractivity contribution in [1.29, 1.82) is 0 Å². The lowest BCUT2D eigenvalue weighted by Gasteiger charge is -2.18. The lowest BCUT2D eigenvalue weighted by molar-refractivity contribution is 0.459. The highest BCUT2D eigenvalue weighted by Gasteiger charge is 2.25. The third-order valence-corrected chi connectivity index (χ3v) is 6.27. The van der Waals surface area contributed by atoms with Gasteiger partial charge in [0.2, 0.25) is 10.0 Å². The molecule has 22 heavy (non-hydrogen) atoms. The molecule has 2 aromatic rings. The lowest BCUT2D eigenvalue weighted by Crippen LogP contribution is -2.27. The fourth-order valence-corrected chi connectivity index (χ4v) is 3.88. The van der Waals surface area contributed by atoms with E-state index in [-0.39, 0.29) is 21.6 Å². The molecule has 5 nitrogen and oxygen atoms in total. The summed E-state index contributed by atoms with van der Waals surface area (Å²) in [7, 11) is -0.483. The molecule has 0 saturated carbocycles. The van der Waals surface area contributed by atoms with Crippen LogP contribution in [0.15, 0.2) is 23.1 Å². The summed E-state index contributed by atoms with van der Waals surface area (Å²) < 4.78 is 28.1. The number of hydrogen-bond donors (Lipinski definition) is 0. The second-order valence-corrected chi connectivity index (χ2v) is 7.95. The Hall–Kier alpha value is -1.08. The third kappa shape index (κ3) is 3.15. The molecular formula is C14H17Cl2N3O2S. The van der Waals surface area contributed by atoms with Crippen LogP contribution >= 0.6 is 23.2 Å². The molecule has 0 bridgehead atoms. The Morgan fingerprint density at radius 2 is 1.91 bits per heavy atom. The van der Waals surface area contributed by atoms with Gasteiger partial charge in [-0.05, 0) is 31.0 Å². The van der Waals surface area contributed by atoms with Crippen LogP contribution in [-0.2, 0) is 23.6 Å². The Kier molecular flexibility index (Phi) is 4.87. The molecule has 1 aromatic heterocycles. The summed E-state index contributed by atoms with van der Waals surface area (Å²) in [6.45, 7) is 3.67. The second kappa shape index (κ2) is 6.20. The van der Waals surface area contributed by atoms with E-state index in [1.807, 2.05) is 13.0 Å². The van der Waals surface area contributed by atoms with E-state index in [0.29, 0.717) is 11.3 Å². The number of sulfonamides is 1. The number of aryl methyl sites for hydroxylation is 3. The molecule has 8 heteroatoms. The van der Waals surface area contributed by atoms with E-state index in [0.717, 1.165) is 5.56 Å². The molecule has 0 aliphatic heterocycles. The van der Waals surface area contributed by atoms with Crippen LogP contribution in [0.4, 0.5) is 0 Å². The van der Waals surface area contributed by atoms with Crippen molar-refractivity contribution in [3.05, 3.63) is 45.2 Å². The van der Waals surface area contributed by atoms with Crippen LogP contribution in [0.3, 0.4) is 0 Å². The van der Waals surface area contributed by atoms with Gasteiger partial charge in [-0.2, -0.15) is 9.40 Å². The first-order valence-corrected chi connectivity index (χ1v) is 8.74. The minimum atomic E-state index is -3.63. The molecule has 0 aliphatic carbocycles. The Morgan fingerprint density at radius 3 is 2.45 bits per heavy atom. The lowest BCUT2D eigenvalue weighted by atomic mass is 10.2. The maximum atomic E-state index is 12.7. The largest absolute Gasteiger partial charge is 0.255 e. The standard InChI is InChI=1S/C14H17Cl2N3O2S/c1-9-5-6-10(2)12(7-9)22(20,21)18(3)8-11-13(15)14(16)19(4)17-11/h5-7H,8H2,1-4H3. The molecule has 0 saturated heterocycles. The van der Waals surface area contributed by atoms with Gasteiger partial charge in [-0.3, -0.25) is 4.68 Å². The van der Waals surface area contributed by atoms with Crippen LogP contribution in [0.25, 0.3) is 0 Å². The van der Waals surface area contributed by atoms with Gasteiger partial charge in [0, 0.05) is 14.1 Å². The summed E-state index contributed by atoms with van der Waals surface area (Å²) in [4.78, 5) is 0.285. The quantitative estimate of drug-likeness (QED) is 0.840. The van der Waals surface area contributed by atoms with E-state index in [4.69, 9.17) is 23.2 Å². The zero-order chi connectivity index (χ0) is 16.7. The maximum Gasteiger partial charge on any atom is 0.243 e. The summed E-state index contributed by atoms with van der Waals surface area (Å²) in [6.07, 6.45) is 0. The first kappa shape index (κ1) is 17.3. The second-order valence-electron chi connectivity index (χ2n) is 5.21. The summed E-state index contributed by atoms with van der Waals surface area (Å²) in [5.41, 5.74) is 2.00. The van der Waals surface area contributed by atoms with Gasteiger partial charge in [0.25, 0.3) is 0 Å². The molecule has 2 rings (SSSR count). The molecule has 0 radical (unpaired) electrons. The molecule has 0 N–H and O–H groups in total. The minimum Gasteiger partial charge on any atom is -0.255 e. The predicted molar refractivity (Wildman–Crippen MR) is 87.8 cm³/mol. The average molecular weight is 362 g/mol. The van der Waals surface area contributed by atoms with Crippen molar-refractivity contribution in [2.24, 2.45) is 7.05 Å². The van der Waals surface area contributed by atoms with Gasteiger partial charge in [0.05, 0.1) is 17.1 Å². The fraction of sp³-hybridized carbons (Fsp3) is 0.357. The van der Waals surface area contributed by atoms with Crippen molar-refractivity contribution in [1.82, 2.24) is 14.1 Å². The van der Waals surface area contributed by atoms with Crippen molar-refractivity contribution < 1.29 is 8.42 Å². The zero-order valence-corrected chi connectivity index (χ0v) is 15.1. The highest BCUT2D eigenvalue weighted by atomic mass is 35.5. The van der Waals surface area contributed by atoms with E-state index in [1.165, 1.54) is 16.0 Å². The van der Waals surface area contributed by atoms with Crippen LogP contribution in [0.5, 0.6) is 0 Å². The summed E-state index contributed by atoms with van der Waals surface area (Å²) >= 11 is 12.0. The van der Waals surface area contributed by atoms with Crippen LogP contribution < -0.4 is 0 Å². The van der Waals surface area contributed by atoms with Gasteiger partial charge in [0.1, 0.15) is 10.2 Å². The van der Waals surface area contributed by atoms with E-state index < -0.39 is 10.0 Å². The van der Waals surface area contributed by atoms with Gasteiger partial charge in [-0.25, -0.2) is 8.42 Å². The summed E-state index contributed by atoms with van der Waals surface area (Å²) in [5.74, 6) is 0. The Bertz CT molecular complexity index is 816. The van der Waals surface area contributed by atoms with Crippen LogP contribution in [0.2, 0.25) is 10.2 Å². The molecule has 1 heterocycles. The van der Waals surface area contributed by atoms with Gasteiger partial charge in [-0.1, -0.05) is 35.3 Å². The number of rotatable bonds is 4. The monoisotopic (exact) mass is 361 g/mol. The molecule has 0 atom stereocenters. The number of halogens is 2. The number of benzene rings is 1. The molecule has 0 aliphatic rings. The van der Waals surface area contributed by atoms with Crippen molar-refractivity contribution in [3.63, 3.8) is 0 Å². The zero-order valence-electron chi connectivity index (χ0n) is 12.8. The number of aromatic nitrogens is 2. The summed E-state index contributed by atoms with van der Waals surface area (Å²) in [5, 5.41) is 4.70. The van der Waals surface area contributed by atoms with Gasteiger partial charge in [0.15, 0.2) is 0 Å². The van der Waals surface area contributed by atoms with Crippen molar-refractivity contribution >= 4 is 33.2 Å². The van der Waals surface area contributed by atoms with Crippen molar-refractivity contribution in [3.8, 4) is 0 Å². The molecule has 0 unspecified atom stereocenters. The molecule has 1 aromatic carbocycles. The first-order valence-electron chi connectivity index (χ1n) is 6.55. The predicted octanol–water partition coefficient (Wildman–Crippen LogP) is 3.16. The summed E-state index contributed by atoms with van der Waals surface area (Å²) in [6, 6.07) is 5.33. The van der Waals surface area contributed by atoms with Gasteiger partial charge in [-0.15, -0.1) is 0 Å². The van der Waals surface area contributed by atoms with Crippen molar-refractivity contribution in [2.75, 3.05) is 7.05 Å². The highest BCUT2D eigenvalue weighted by Crippen LogP contribution is 2.27. The molecule has 120 valence electrons. The Labute approximate surface area is 140 Å². The van der Waals surface area contributed by atoms with E-state index in [2.05, 4.69) is 5.10 Å². The number of nitrogens with zero attached hydrogens (tertiary/aromatic N) is 3. The third-order valence-electron chi connectivity index (χ3n) is 3.39. The first-order chi connectivity index (χ1) is 10.1. The normalized spacial score (nSPS) is 12.1. The molecule has 0 fully saturated rings. The Balaban J connectivity index is 2.37. The van der Waals surface area contributed by atoms with E-state index in [9.17, 15) is 8.42 Å². The van der Waals surface area contributed by atoms with Crippen LogP contribution in [0, 0.1) is 13.8 Å². The topological polar surface area (TPSA) is 55.2 Å². The fourth-order valence-electron chi connectivity index (χ4n) is 2.08. The maximum absolute atomic E-state index is 12.7. The average Bonchev–Trinajstić information content (AvgIpc) is 2.68. The molecular weight excluding hydrogens is 345 g/mol. The van der Waals surface area contributed by atoms with Crippen LogP contribution in [-0.4, -0.2) is 29.6 Å². The number of hydrogen-bond acceptors (Lipinski definition) is 3. The smallest absolute Gasteiger partial charge is 0.243 e. The SMILES string of the molecule is Cc1ccc(C)c(S(=O)(=O)N(C)Cc2nn(C)c(Cl)c2Cl)c1. The van der Waals surface area contributed by atoms with Crippen molar-refractivity contribution in [2.45, 2.75) is 25.3 Å². The van der Waals surface area contributed by atoms with E-state index >= 15 is 0 Å².